The van der Waals surface area contributed by atoms with Gasteiger partial charge in [0.15, 0.2) is 0 Å². The normalized spacial score (nSPS) is 9.71. The summed E-state index contributed by atoms with van der Waals surface area (Å²) < 4.78 is 4.76. The van der Waals surface area contributed by atoms with Crippen LogP contribution >= 0.6 is 0 Å². The molecule has 0 saturated carbocycles. The molecule has 0 bridgehead atoms. The number of nitro groups is 1. The highest BCUT2D eigenvalue weighted by Crippen LogP contribution is 2.07. The second-order valence-corrected chi connectivity index (χ2v) is 3.21. The highest BCUT2D eigenvalue weighted by molar-refractivity contribution is 5.98. The number of nitrogens with zero attached hydrogens (tertiary/aromatic N) is 1. The van der Waals surface area contributed by atoms with Gasteiger partial charge in [-0.25, -0.2) is 4.79 Å². The van der Waals surface area contributed by atoms with Crippen molar-refractivity contribution in [1.82, 2.24) is 0 Å². The fourth-order valence-corrected chi connectivity index (χ4v) is 1.22. The third-order valence-corrected chi connectivity index (χ3v) is 1.99. The van der Waals surface area contributed by atoms with Crippen LogP contribution in [0.3, 0.4) is 0 Å². The lowest BCUT2D eigenvalue weighted by Gasteiger charge is -2.02. The van der Waals surface area contributed by atoms with Crippen LogP contribution < -0.4 is 0 Å². The minimum absolute atomic E-state index is 0.203. The summed E-state index contributed by atoms with van der Waals surface area (Å²) in [6.45, 7) is 1.20. The molecule has 0 spiro atoms. The van der Waals surface area contributed by atoms with Crippen LogP contribution in [0.15, 0.2) is 24.3 Å². The maximum Gasteiger partial charge on any atom is 0.338 e. The van der Waals surface area contributed by atoms with Gasteiger partial charge in [-0.15, -0.1) is 0 Å². The van der Waals surface area contributed by atoms with E-state index < -0.39 is 23.2 Å². The molecule has 0 fully saturated rings. The van der Waals surface area contributed by atoms with Crippen molar-refractivity contribution >= 4 is 11.8 Å². The Kier molecular flexibility index (Phi) is 4.33. The van der Waals surface area contributed by atoms with E-state index >= 15 is 0 Å². The molecule has 0 heterocycles. The topological polar surface area (TPSA) is 86.5 Å². The Morgan fingerprint density at radius 3 is 2.24 bits per heavy atom. The van der Waals surface area contributed by atoms with Crippen molar-refractivity contribution in [3.63, 3.8) is 0 Å². The van der Waals surface area contributed by atoms with E-state index in [0.717, 1.165) is 0 Å². The van der Waals surface area contributed by atoms with Gasteiger partial charge >= 0.3 is 5.97 Å². The average molecular weight is 237 g/mol. The summed E-state index contributed by atoms with van der Waals surface area (Å²) in [7, 11) is 0. The number of benzene rings is 1. The second-order valence-electron chi connectivity index (χ2n) is 3.21. The van der Waals surface area contributed by atoms with Crippen LogP contribution in [0.5, 0.6) is 0 Å². The third-order valence-electron chi connectivity index (χ3n) is 1.99. The van der Waals surface area contributed by atoms with Gasteiger partial charge in [0.25, 0.3) is 6.54 Å². The second kappa shape index (κ2) is 5.74. The summed E-state index contributed by atoms with van der Waals surface area (Å²) in [4.78, 5) is 32.1. The zero-order valence-electron chi connectivity index (χ0n) is 9.21. The third kappa shape index (κ3) is 3.67. The maximum absolute atomic E-state index is 11.3. The first-order chi connectivity index (χ1) is 8.04. The molecule has 17 heavy (non-hydrogen) atoms. The van der Waals surface area contributed by atoms with E-state index in [2.05, 4.69) is 0 Å². The van der Waals surface area contributed by atoms with Crippen LogP contribution in [-0.2, 0) is 4.74 Å². The van der Waals surface area contributed by atoms with Crippen LogP contribution in [0, 0.1) is 10.1 Å². The number of hydrogen-bond acceptors (Lipinski definition) is 5. The number of rotatable bonds is 5. The van der Waals surface area contributed by atoms with Crippen LogP contribution in [0.2, 0.25) is 0 Å². The molecule has 1 aromatic rings. The van der Waals surface area contributed by atoms with Crippen molar-refractivity contribution < 1.29 is 19.2 Å². The molecular formula is C11H11NO5. The number of carbonyl (C=O) groups is 2. The molecule has 0 unspecified atom stereocenters. The first kappa shape index (κ1) is 12.8. The monoisotopic (exact) mass is 237 g/mol. The predicted octanol–water partition coefficient (Wildman–Crippen LogP) is 1.32. The number of Topliss-reactive ketones (excluding diaryl/α,β-unsaturated/α-hetero) is 1. The standard InChI is InChI=1S/C11H11NO5/c1-2-17-11(14)9-5-3-8(4-6-9)10(13)7-12(15)16/h3-6H,2,7H2,1H3. The number of hydrogen-bond donors (Lipinski definition) is 0. The molecule has 0 aliphatic rings. The summed E-state index contributed by atoms with van der Waals surface area (Å²) in [5, 5.41) is 10.2. The minimum Gasteiger partial charge on any atom is -0.462 e. The molecular weight excluding hydrogens is 226 g/mol. The molecule has 90 valence electrons. The Balaban J connectivity index is 2.77. The van der Waals surface area contributed by atoms with Crippen molar-refractivity contribution in [2.24, 2.45) is 0 Å². The van der Waals surface area contributed by atoms with Gasteiger partial charge in [0.1, 0.15) is 0 Å². The molecule has 6 nitrogen and oxygen atoms in total. The molecule has 1 aromatic carbocycles. The van der Waals surface area contributed by atoms with Crippen molar-refractivity contribution in [2.45, 2.75) is 6.92 Å². The van der Waals surface area contributed by atoms with Crippen LogP contribution in [0.25, 0.3) is 0 Å². The SMILES string of the molecule is CCOC(=O)c1ccc(C(=O)C[N+](=O)[O-])cc1. The Labute approximate surface area is 97.3 Å². The molecule has 0 atom stereocenters. The summed E-state index contributed by atoms with van der Waals surface area (Å²) in [5.74, 6) is -1.08. The summed E-state index contributed by atoms with van der Waals surface area (Å²) in [6.07, 6.45) is 0. The van der Waals surface area contributed by atoms with Crippen LogP contribution in [-0.4, -0.2) is 29.8 Å². The van der Waals surface area contributed by atoms with Crippen molar-refractivity contribution in [3.8, 4) is 0 Å². The number of ketones is 1. The Morgan fingerprint density at radius 1 is 1.24 bits per heavy atom. The fourth-order valence-electron chi connectivity index (χ4n) is 1.22. The minimum atomic E-state index is -0.751. The quantitative estimate of drug-likeness (QED) is 0.333. The van der Waals surface area contributed by atoms with Gasteiger partial charge in [0.2, 0.25) is 5.78 Å². The lowest BCUT2D eigenvalue weighted by atomic mass is 10.1. The average Bonchev–Trinajstić information content (AvgIpc) is 2.28. The van der Waals surface area contributed by atoms with Crippen molar-refractivity contribution in [2.75, 3.05) is 13.2 Å². The van der Waals surface area contributed by atoms with E-state index in [4.69, 9.17) is 4.74 Å². The summed E-state index contributed by atoms with van der Waals surface area (Å²) in [6, 6.07) is 5.56. The van der Waals surface area contributed by atoms with Crippen molar-refractivity contribution in [3.05, 3.63) is 45.5 Å². The summed E-state index contributed by atoms with van der Waals surface area (Å²) >= 11 is 0. The van der Waals surface area contributed by atoms with Gasteiger partial charge in [0.05, 0.1) is 12.2 Å². The van der Waals surface area contributed by atoms with Gasteiger partial charge in [-0.3, -0.25) is 14.9 Å². The van der Waals surface area contributed by atoms with Gasteiger partial charge in [-0.1, -0.05) is 12.1 Å². The van der Waals surface area contributed by atoms with Gasteiger partial charge in [-0.05, 0) is 19.1 Å². The van der Waals surface area contributed by atoms with E-state index in [1.54, 1.807) is 6.92 Å². The zero-order valence-corrected chi connectivity index (χ0v) is 9.21. The largest absolute Gasteiger partial charge is 0.462 e. The van der Waals surface area contributed by atoms with E-state index in [1.807, 2.05) is 0 Å². The molecule has 0 aliphatic heterocycles. The maximum atomic E-state index is 11.3. The first-order valence-electron chi connectivity index (χ1n) is 4.96. The molecule has 0 N–H and O–H groups in total. The van der Waals surface area contributed by atoms with E-state index in [0.29, 0.717) is 5.56 Å². The smallest absolute Gasteiger partial charge is 0.338 e. The molecule has 0 radical (unpaired) electrons. The number of ether oxygens (including phenoxy) is 1. The molecule has 0 aromatic heterocycles. The zero-order chi connectivity index (χ0) is 12.8. The highest BCUT2D eigenvalue weighted by Gasteiger charge is 2.13. The Bertz CT molecular complexity index is 438. The number of carbonyl (C=O) groups excluding carboxylic acids is 2. The summed E-state index contributed by atoms with van der Waals surface area (Å²) in [5.41, 5.74) is 0.513. The Morgan fingerprint density at radius 2 is 1.76 bits per heavy atom. The fraction of sp³-hybridized carbons (Fsp3) is 0.273. The van der Waals surface area contributed by atoms with Gasteiger partial charge in [-0.2, -0.15) is 0 Å². The predicted molar refractivity (Wildman–Crippen MR) is 58.6 cm³/mol. The van der Waals surface area contributed by atoms with Gasteiger partial charge in [0, 0.05) is 10.5 Å². The van der Waals surface area contributed by atoms with Crippen LogP contribution in [0.4, 0.5) is 0 Å². The molecule has 6 heteroatoms. The molecule has 0 saturated heterocycles. The molecule has 0 aliphatic carbocycles. The Hall–Kier alpha value is -2.24. The van der Waals surface area contributed by atoms with Crippen LogP contribution in [0.1, 0.15) is 27.6 Å². The molecule has 0 amide bonds. The highest BCUT2D eigenvalue weighted by atomic mass is 16.6. The molecule has 1 rings (SSSR count). The van der Waals surface area contributed by atoms with E-state index in [9.17, 15) is 19.7 Å². The van der Waals surface area contributed by atoms with E-state index in [-0.39, 0.29) is 12.2 Å². The lowest BCUT2D eigenvalue weighted by molar-refractivity contribution is -0.465. The lowest BCUT2D eigenvalue weighted by Crippen LogP contribution is -2.14. The van der Waals surface area contributed by atoms with Crippen molar-refractivity contribution in [1.29, 1.82) is 0 Å². The number of esters is 1. The van der Waals surface area contributed by atoms with Gasteiger partial charge < -0.3 is 4.74 Å². The van der Waals surface area contributed by atoms with E-state index in [1.165, 1.54) is 24.3 Å². The first-order valence-corrected chi connectivity index (χ1v) is 4.96.